The largest absolute Gasteiger partial charge is 0.321 e. The molecule has 17 heavy (non-hydrogen) atoms. The third-order valence-corrected chi connectivity index (χ3v) is 3.64. The van der Waals surface area contributed by atoms with E-state index in [2.05, 4.69) is 43.8 Å². The van der Waals surface area contributed by atoms with Crippen molar-refractivity contribution < 1.29 is 4.79 Å². The van der Waals surface area contributed by atoms with Crippen LogP contribution < -0.4 is 5.32 Å². The lowest BCUT2D eigenvalue weighted by molar-refractivity contribution is 0.102. The summed E-state index contributed by atoms with van der Waals surface area (Å²) >= 11 is 5.54. The molecular formula is C13H9BrINO. The number of hydrogen-bond donors (Lipinski definition) is 1. The van der Waals surface area contributed by atoms with E-state index in [0.29, 0.717) is 5.56 Å². The molecule has 1 amide bonds. The third-order valence-electron chi connectivity index (χ3n) is 2.21. The smallest absolute Gasteiger partial charge is 0.255 e. The Morgan fingerprint density at radius 3 is 2.59 bits per heavy atom. The number of anilines is 1. The molecule has 0 aliphatic rings. The quantitative estimate of drug-likeness (QED) is 0.746. The summed E-state index contributed by atoms with van der Waals surface area (Å²) in [7, 11) is 0. The van der Waals surface area contributed by atoms with Crippen LogP contribution in [-0.4, -0.2) is 5.91 Å². The maximum atomic E-state index is 12.0. The van der Waals surface area contributed by atoms with Crippen molar-refractivity contribution in [2.45, 2.75) is 0 Å². The molecule has 2 aromatic rings. The van der Waals surface area contributed by atoms with Gasteiger partial charge in [0, 0.05) is 13.6 Å². The van der Waals surface area contributed by atoms with Crippen molar-refractivity contribution in [1.82, 2.24) is 0 Å². The highest BCUT2D eigenvalue weighted by atomic mass is 127. The molecule has 86 valence electrons. The van der Waals surface area contributed by atoms with Gasteiger partial charge >= 0.3 is 0 Å². The van der Waals surface area contributed by atoms with Crippen LogP contribution in [0, 0.1) is 3.57 Å². The highest BCUT2D eigenvalue weighted by Gasteiger charge is 2.07. The Bertz CT molecular complexity index is 557. The molecule has 0 aliphatic carbocycles. The van der Waals surface area contributed by atoms with Gasteiger partial charge in [0.05, 0.1) is 5.69 Å². The van der Waals surface area contributed by atoms with Gasteiger partial charge in [-0.2, -0.15) is 0 Å². The zero-order valence-electron chi connectivity index (χ0n) is 8.78. The molecule has 4 heteroatoms. The number of rotatable bonds is 2. The highest BCUT2D eigenvalue weighted by molar-refractivity contribution is 14.1. The van der Waals surface area contributed by atoms with E-state index in [1.165, 1.54) is 0 Å². The average molecular weight is 402 g/mol. The molecule has 0 fully saturated rings. The molecular weight excluding hydrogens is 393 g/mol. The van der Waals surface area contributed by atoms with E-state index in [1.807, 2.05) is 36.4 Å². The van der Waals surface area contributed by atoms with Gasteiger partial charge in [-0.15, -0.1) is 0 Å². The topological polar surface area (TPSA) is 29.1 Å². The number of hydrogen-bond acceptors (Lipinski definition) is 1. The molecule has 0 aliphatic heterocycles. The van der Waals surface area contributed by atoms with Crippen LogP contribution in [0.4, 0.5) is 5.69 Å². The molecule has 0 saturated heterocycles. The molecule has 0 saturated carbocycles. The number of nitrogens with one attached hydrogen (secondary N) is 1. The Balaban J connectivity index is 2.20. The van der Waals surface area contributed by atoms with Crippen LogP contribution >= 0.6 is 38.5 Å². The summed E-state index contributed by atoms with van der Waals surface area (Å²) in [5, 5.41) is 2.89. The van der Waals surface area contributed by atoms with Crippen molar-refractivity contribution in [3.63, 3.8) is 0 Å². The summed E-state index contributed by atoms with van der Waals surface area (Å²) in [4.78, 5) is 12.0. The predicted molar refractivity (Wildman–Crippen MR) is 81.3 cm³/mol. The minimum atomic E-state index is -0.101. The Morgan fingerprint density at radius 1 is 1.12 bits per heavy atom. The van der Waals surface area contributed by atoms with Gasteiger partial charge in [0.15, 0.2) is 0 Å². The lowest BCUT2D eigenvalue weighted by Gasteiger charge is -2.07. The predicted octanol–water partition coefficient (Wildman–Crippen LogP) is 4.31. The van der Waals surface area contributed by atoms with Crippen molar-refractivity contribution in [2.24, 2.45) is 0 Å². The van der Waals surface area contributed by atoms with Crippen LogP contribution in [-0.2, 0) is 0 Å². The number of halogens is 2. The van der Waals surface area contributed by atoms with Crippen molar-refractivity contribution in [1.29, 1.82) is 0 Å². The number of carbonyl (C=O) groups is 1. The van der Waals surface area contributed by atoms with Gasteiger partial charge in [0.25, 0.3) is 5.91 Å². The second-order valence-corrected chi connectivity index (χ2v) is 5.52. The first kappa shape index (κ1) is 12.6. The average Bonchev–Trinajstić information content (AvgIpc) is 2.32. The van der Waals surface area contributed by atoms with Gasteiger partial charge in [-0.05, 0) is 52.9 Å². The lowest BCUT2D eigenvalue weighted by Crippen LogP contribution is -2.12. The van der Waals surface area contributed by atoms with E-state index >= 15 is 0 Å². The molecule has 0 radical (unpaired) electrons. The minimum Gasteiger partial charge on any atom is -0.321 e. The van der Waals surface area contributed by atoms with Crippen LogP contribution in [0.25, 0.3) is 0 Å². The summed E-state index contributed by atoms with van der Waals surface area (Å²) in [6.07, 6.45) is 0. The van der Waals surface area contributed by atoms with Crippen LogP contribution in [0.5, 0.6) is 0 Å². The second kappa shape index (κ2) is 5.64. The van der Waals surface area contributed by atoms with Gasteiger partial charge in [0.1, 0.15) is 0 Å². The van der Waals surface area contributed by atoms with Crippen molar-refractivity contribution in [3.05, 3.63) is 62.1 Å². The summed E-state index contributed by atoms with van der Waals surface area (Å²) in [5.41, 5.74) is 1.47. The standard InChI is InChI=1S/C13H9BrINO/c14-10-5-3-4-9(8-10)13(17)16-12-7-2-1-6-11(12)15/h1-8H,(H,16,17). The van der Waals surface area contributed by atoms with E-state index < -0.39 is 0 Å². The third kappa shape index (κ3) is 3.29. The number of carbonyl (C=O) groups excluding carboxylic acids is 1. The molecule has 0 spiro atoms. The van der Waals surface area contributed by atoms with Crippen LogP contribution in [0.15, 0.2) is 53.0 Å². The van der Waals surface area contributed by atoms with E-state index in [9.17, 15) is 4.79 Å². The summed E-state index contributed by atoms with van der Waals surface area (Å²) in [5.74, 6) is -0.101. The zero-order valence-corrected chi connectivity index (χ0v) is 12.5. The first-order valence-electron chi connectivity index (χ1n) is 4.98. The highest BCUT2D eigenvalue weighted by Crippen LogP contribution is 2.19. The molecule has 2 nitrogen and oxygen atoms in total. The van der Waals surface area contributed by atoms with Gasteiger partial charge in [0.2, 0.25) is 0 Å². The molecule has 2 aromatic carbocycles. The molecule has 1 N–H and O–H groups in total. The number of para-hydroxylation sites is 1. The number of benzene rings is 2. The van der Waals surface area contributed by atoms with Gasteiger partial charge in [-0.3, -0.25) is 4.79 Å². The van der Waals surface area contributed by atoms with E-state index in [0.717, 1.165) is 13.7 Å². The van der Waals surface area contributed by atoms with Crippen molar-refractivity contribution >= 4 is 50.1 Å². The Kier molecular flexibility index (Phi) is 4.17. The van der Waals surface area contributed by atoms with Crippen molar-refractivity contribution in [2.75, 3.05) is 5.32 Å². The zero-order chi connectivity index (χ0) is 12.3. The SMILES string of the molecule is O=C(Nc1ccccc1I)c1cccc(Br)c1. The first-order valence-corrected chi connectivity index (χ1v) is 6.85. The number of amides is 1. The summed E-state index contributed by atoms with van der Waals surface area (Å²) in [6, 6.07) is 15.0. The Hall–Kier alpha value is -0.880. The van der Waals surface area contributed by atoms with Gasteiger partial charge < -0.3 is 5.32 Å². The summed E-state index contributed by atoms with van der Waals surface area (Å²) in [6.45, 7) is 0. The molecule has 0 aromatic heterocycles. The van der Waals surface area contributed by atoms with E-state index in [4.69, 9.17) is 0 Å². The Morgan fingerprint density at radius 2 is 1.88 bits per heavy atom. The van der Waals surface area contributed by atoms with Crippen LogP contribution in [0.2, 0.25) is 0 Å². The molecule has 2 rings (SSSR count). The monoisotopic (exact) mass is 401 g/mol. The van der Waals surface area contributed by atoms with Crippen LogP contribution in [0.1, 0.15) is 10.4 Å². The summed E-state index contributed by atoms with van der Waals surface area (Å²) < 4.78 is 1.92. The molecule has 0 bridgehead atoms. The fourth-order valence-corrected chi connectivity index (χ4v) is 2.31. The normalized spacial score (nSPS) is 10.0. The van der Waals surface area contributed by atoms with E-state index in [-0.39, 0.29) is 5.91 Å². The lowest BCUT2D eigenvalue weighted by atomic mass is 10.2. The minimum absolute atomic E-state index is 0.101. The second-order valence-electron chi connectivity index (χ2n) is 3.44. The molecule has 0 atom stereocenters. The molecule has 0 heterocycles. The maximum absolute atomic E-state index is 12.0. The molecule has 0 unspecified atom stereocenters. The Labute approximate surface area is 122 Å². The first-order chi connectivity index (χ1) is 8.16. The van der Waals surface area contributed by atoms with Gasteiger partial charge in [-0.25, -0.2) is 0 Å². The maximum Gasteiger partial charge on any atom is 0.255 e. The fraction of sp³-hybridized carbons (Fsp3) is 0. The van der Waals surface area contributed by atoms with Gasteiger partial charge in [-0.1, -0.05) is 34.1 Å². The van der Waals surface area contributed by atoms with Crippen molar-refractivity contribution in [3.8, 4) is 0 Å². The fourth-order valence-electron chi connectivity index (χ4n) is 1.39. The van der Waals surface area contributed by atoms with Crippen LogP contribution in [0.3, 0.4) is 0 Å². The van der Waals surface area contributed by atoms with E-state index in [1.54, 1.807) is 12.1 Å².